The third kappa shape index (κ3) is 3.83. The van der Waals surface area contributed by atoms with Crippen molar-refractivity contribution in [1.82, 2.24) is 10.2 Å². The molecule has 0 aromatic heterocycles. The van der Waals surface area contributed by atoms with Gasteiger partial charge in [0.15, 0.2) is 0 Å². The molecule has 17 heavy (non-hydrogen) atoms. The van der Waals surface area contributed by atoms with Gasteiger partial charge < -0.3 is 14.7 Å². The smallest absolute Gasteiger partial charge is 0.251 e. The second kappa shape index (κ2) is 6.36. The molecule has 1 aliphatic rings. The van der Waals surface area contributed by atoms with E-state index in [9.17, 15) is 9.59 Å². The van der Waals surface area contributed by atoms with Gasteiger partial charge >= 0.3 is 0 Å². The summed E-state index contributed by atoms with van der Waals surface area (Å²) in [7, 11) is 1.78. The lowest BCUT2D eigenvalue weighted by Crippen LogP contribution is -2.32. The quantitative estimate of drug-likeness (QED) is 0.499. The number of hydrogen-bond donors (Lipinski definition) is 2. The van der Waals surface area contributed by atoms with Gasteiger partial charge in [0, 0.05) is 25.2 Å². The van der Waals surface area contributed by atoms with E-state index >= 15 is 0 Å². The number of carbonyl (C=O) groups excluding carboxylic acids is 2. The number of nitrogens with one attached hydrogen (secondary N) is 1. The number of rotatable bonds is 5. The monoisotopic (exact) mass is 242 g/mol. The molecule has 1 fully saturated rings. The number of imide groups is 1. The van der Waals surface area contributed by atoms with E-state index in [2.05, 4.69) is 0 Å². The summed E-state index contributed by atoms with van der Waals surface area (Å²) in [5.74, 6) is -0.202. The van der Waals surface area contributed by atoms with Crippen LogP contribution in [0.15, 0.2) is 12.3 Å². The second-order valence-electron chi connectivity index (χ2n) is 4.15. The number of amides is 2. The molecule has 1 saturated heterocycles. The van der Waals surface area contributed by atoms with Crippen LogP contribution >= 0.6 is 0 Å². The molecule has 0 aromatic rings. The van der Waals surface area contributed by atoms with Crippen molar-refractivity contribution < 1.29 is 19.4 Å². The fourth-order valence-electron chi connectivity index (χ4n) is 1.91. The van der Waals surface area contributed by atoms with Crippen LogP contribution in [-0.2, 0) is 14.3 Å². The number of hydrogen-bond acceptors (Lipinski definition) is 5. The van der Waals surface area contributed by atoms with Crippen LogP contribution in [0.25, 0.3) is 0 Å². The van der Waals surface area contributed by atoms with Crippen LogP contribution in [0.5, 0.6) is 0 Å². The van der Waals surface area contributed by atoms with Crippen LogP contribution in [0.1, 0.15) is 13.3 Å². The van der Waals surface area contributed by atoms with Crippen molar-refractivity contribution in [1.29, 1.82) is 0 Å². The van der Waals surface area contributed by atoms with Crippen LogP contribution in [-0.4, -0.2) is 48.3 Å². The van der Waals surface area contributed by atoms with E-state index in [1.807, 2.05) is 12.2 Å². The third-order valence-corrected chi connectivity index (χ3v) is 2.72. The molecule has 6 heteroatoms. The van der Waals surface area contributed by atoms with Crippen molar-refractivity contribution in [3.63, 3.8) is 0 Å². The van der Waals surface area contributed by atoms with Gasteiger partial charge in [-0.25, -0.2) is 0 Å². The number of carbonyl (C=O) groups is 2. The highest BCUT2D eigenvalue weighted by Gasteiger charge is 2.33. The zero-order valence-corrected chi connectivity index (χ0v) is 10.00. The third-order valence-electron chi connectivity index (χ3n) is 2.72. The van der Waals surface area contributed by atoms with Crippen LogP contribution in [0.3, 0.4) is 0 Å². The standard InChI is InChI=1S/C11H18N2O4/c1-8-5-9(6-14)17-11(8)13(2)4-3-10(16)12-7-15/h3-4,7-9,11,14H,5-6H2,1-2H3,(H,12,15,16)/b4-3-. The van der Waals surface area contributed by atoms with E-state index in [-0.39, 0.29) is 24.9 Å². The summed E-state index contributed by atoms with van der Waals surface area (Å²) in [6, 6.07) is 0. The Kier molecular flexibility index (Phi) is 5.11. The Morgan fingerprint density at radius 3 is 2.88 bits per heavy atom. The van der Waals surface area contributed by atoms with Crippen LogP contribution in [0, 0.1) is 5.92 Å². The predicted octanol–water partition coefficient (Wildman–Crippen LogP) is -0.552. The minimum Gasteiger partial charge on any atom is -0.394 e. The molecule has 3 unspecified atom stereocenters. The molecule has 0 aromatic carbocycles. The van der Waals surface area contributed by atoms with Gasteiger partial charge in [0.05, 0.1) is 12.7 Å². The lowest BCUT2D eigenvalue weighted by atomic mass is 10.1. The summed E-state index contributed by atoms with van der Waals surface area (Å²) in [6.45, 7) is 2.03. The van der Waals surface area contributed by atoms with Crippen molar-refractivity contribution >= 4 is 12.3 Å². The Balaban J connectivity index is 2.50. The first-order valence-corrected chi connectivity index (χ1v) is 5.49. The first-order valence-electron chi connectivity index (χ1n) is 5.49. The summed E-state index contributed by atoms with van der Waals surface area (Å²) in [4.78, 5) is 22.8. The molecule has 0 bridgehead atoms. The second-order valence-corrected chi connectivity index (χ2v) is 4.15. The first-order chi connectivity index (χ1) is 8.08. The fourth-order valence-corrected chi connectivity index (χ4v) is 1.91. The molecule has 0 saturated carbocycles. The molecule has 96 valence electrons. The van der Waals surface area contributed by atoms with Crippen LogP contribution < -0.4 is 5.32 Å². The van der Waals surface area contributed by atoms with Gasteiger partial charge in [-0.1, -0.05) is 6.92 Å². The number of aliphatic hydroxyl groups is 1. The molecular formula is C11H18N2O4. The highest BCUT2D eigenvalue weighted by molar-refractivity contribution is 5.94. The molecule has 0 spiro atoms. The minimum atomic E-state index is -0.476. The lowest BCUT2D eigenvalue weighted by molar-refractivity contribution is -0.121. The van der Waals surface area contributed by atoms with Crippen molar-refractivity contribution in [3.8, 4) is 0 Å². The summed E-state index contributed by atoms with van der Waals surface area (Å²) >= 11 is 0. The Bertz CT molecular complexity index is 306. The van der Waals surface area contributed by atoms with E-state index in [4.69, 9.17) is 9.84 Å². The van der Waals surface area contributed by atoms with E-state index in [0.29, 0.717) is 6.41 Å². The van der Waals surface area contributed by atoms with Crippen molar-refractivity contribution in [2.24, 2.45) is 5.92 Å². The zero-order chi connectivity index (χ0) is 12.8. The lowest BCUT2D eigenvalue weighted by Gasteiger charge is -2.25. The topological polar surface area (TPSA) is 78.9 Å². The van der Waals surface area contributed by atoms with Gasteiger partial charge in [-0.2, -0.15) is 0 Å². The van der Waals surface area contributed by atoms with E-state index in [0.717, 1.165) is 6.42 Å². The normalized spacial score (nSPS) is 28.3. The molecule has 2 N–H and O–H groups in total. The highest BCUT2D eigenvalue weighted by atomic mass is 16.5. The Labute approximate surface area is 100 Å². The highest BCUT2D eigenvalue weighted by Crippen LogP contribution is 2.27. The first kappa shape index (κ1) is 13.7. The molecule has 3 atom stereocenters. The van der Waals surface area contributed by atoms with Crippen molar-refractivity contribution in [2.75, 3.05) is 13.7 Å². The van der Waals surface area contributed by atoms with Crippen LogP contribution in [0.2, 0.25) is 0 Å². The summed E-state index contributed by atoms with van der Waals surface area (Å²) in [5, 5.41) is 11.0. The summed E-state index contributed by atoms with van der Waals surface area (Å²) in [5.41, 5.74) is 0. The van der Waals surface area contributed by atoms with Gasteiger partial charge in [0.1, 0.15) is 6.23 Å². The molecular weight excluding hydrogens is 224 g/mol. The molecule has 0 radical (unpaired) electrons. The molecule has 1 heterocycles. The maximum absolute atomic E-state index is 11.0. The van der Waals surface area contributed by atoms with Gasteiger partial charge in [-0.3, -0.25) is 14.9 Å². The van der Waals surface area contributed by atoms with Crippen molar-refractivity contribution in [3.05, 3.63) is 12.3 Å². The molecule has 6 nitrogen and oxygen atoms in total. The molecule has 2 amide bonds. The summed E-state index contributed by atoms with van der Waals surface area (Å²) < 4.78 is 5.60. The average molecular weight is 242 g/mol. The Hall–Kier alpha value is -1.40. The molecule has 0 aliphatic carbocycles. The maximum Gasteiger partial charge on any atom is 0.251 e. The number of nitrogens with zero attached hydrogens (tertiary/aromatic N) is 1. The number of ether oxygens (including phenoxy) is 1. The SMILES string of the molecule is CC1CC(CO)OC1N(C)/C=C\C(=O)NC=O. The Morgan fingerprint density at radius 2 is 2.35 bits per heavy atom. The van der Waals surface area contributed by atoms with Crippen LogP contribution in [0.4, 0.5) is 0 Å². The van der Waals surface area contributed by atoms with E-state index in [1.54, 1.807) is 18.1 Å². The Morgan fingerprint density at radius 1 is 1.65 bits per heavy atom. The summed E-state index contributed by atoms with van der Waals surface area (Å²) in [6.07, 6.45) is 3.64. The fraction of sp³-hybridized carbons (Fsp3) is 0.636. The van der Waals surface area contributed by atoms with Gasteiger partial charge in [0.2, 0.25) is 6.41 Å². The average Bonchev–Trinajstić information content (AvgIpc) is 2.68. The maximum atomic E-state index is 11.0. The van der Waals surface area contributed by atoms with Gasteiger partial charge in [-0.15, -0.1) is 0 Å². The van der Waals surface area contributed by atoms with Gasteiger partial charge in [0.25, 0.3) is 5.91 Å². The molecule has 1 rings (SSSR count). The zero-order valence-electron chi connectivity index (χ0n) is 10.00. The van der Waals surface area contributed by atoms with E-state index in [1.165, 1.54) is 6.08 Å². The van der Waals surface area contributed by atoms with Gasteiger partial charge in [-0.05, 0) is 6.42 Å². The largest absolute Gasteiger partial charge is 0.394 e. The molecule has 1 aliphatic heterocycles. The predicted molar refractivity (Wildman–Crippen MR) is 60.6 cm³/mol. The van der Waals surface area contributed by atoms with E-state index < -0.39 is 5.91 Å². The van der Waals surface area contributed by atoms with Crippen molar-refractivity contribution in [2.45, 2.75) is 25.7 Å². The minimum absolute atomic E-state index is 0.00399. The number of aliphatic hydroxyl groups excluding tert-OH is 1.